The summed E-state index contributed by atoms with van der Waals surface area (Å²) in [6.45, 7) is 9.05. The molecule has 0 bridgehead atoms. The number of hydrogen-bond acceptors (Lipinski definition) is 5. The van der Waals surface area contributed by atoms with Crippen LogP contribution in [0, 0.1) is 0 Å². The highest BCUT2D eigenvalue weighted by Gasteiger charge is 2.52. The average Bonchev–Trinajstić information content (AvgIpc) is 2.95. The molecular formula is C21H25NO4S. The molecule has 3 rings (SSSR count). The molecule has 0 radical (unpaired) electrons. The number of ether oxygens (including phenoxy) is 1. The minimum atomic E-state index is -0.659. The summed E-state index contributed by atoms with van der Waals surface area (Å²) in [6.07, 6.45) is 2.57. The van der Waals surface area contributed by atoms with Crippen LogP contribution in [0.25, 0.3) is 0 Å². The van der Waals surface area contributed by atoms with Gasteiger partial charge < -0.3 is 4.74 Å². The normalized spacial score (nSPS) is 22.2. The van der Waals surface area contributed by atoms with E-state index in [0.717, 1.165) is 16.0 Å². The molecule has 1 atom stereocenters. The molecule has 2 aliphatic rings. The third-order valence-electron chi connectivity index (χ3n) is 4.32. The Hall–Kier alpha value is -2.05. The summed E-state index contributed by atoms with van der Waals surface area (Å²) in [7, 11) is 0. The van der Waals surface area contributed by atoms with Crippen molar-refractivity contribution in [3.63, 3.8) is 0 Å². The van der Waals surface area contributed by atoms with Gasteiger partial charge in [-0.2, -0.15) is 5.06 Å². The molecule has 0 aromatic heterocycles. The largest absolute Gasteiger partial charge is 0.458 e. The summed E-state index contributed by atoms with van der Waals surface area (Å²) in [5.74, 6) is -0.694. The smallest absolute Gasteiger partial charge is 0.335 e. The molecule has 1 aromatic rings. The molecule has 0 aliphatic carbocycles. The molecule has 1 aromatic carbocycles. The number of nitrogens with zero attached hydrogens (tertiary/aromatic N) is 1. The number of carbonyl (C=O) groups is 2. The van der Waals surface area contributed by atoms with Crippen molar-refractivity contribution in [1.29, 1.82) is 0 Å². The minimum absolute atomic E-state index is 0.198. The summed E-state index contributed by atoms with van der Waals surface area (Å²) in [6, 6.07) is 9.87. The number of amides is 1. The molecule has 1 unspecified atom stereocenters. The van der Waals surface area contributed by atoms with Gasteiger partial charge in [-0.25, -0.2) is 4.79 Å². The Morgan fingerprint density at radius 3 is 2.52 bits per heavy atom. The van der Waals surface area contributed by atoms with Gasteiger partial charge in [0, 0.05) is 17.6 Å². The van der Waals surface area contributed by atoms with Crippen molar-refractivity contribution in [2.75, 3.05) is 6.61 Å². The molecule has 0 spiro atoms. The molecule has 2 aliphatic heterocycles. The van der Waals surface area contributed by atoms with Crippen LogP contribution in [0.1, 0.15) is 40.2 Å². The summed E-state index contributed by atoms with van der Waals surface area (Å²) in [4.78, 5) is 31.2. The van der Waals surface area contributed by atoms with E-state index in [-0.39, 0.29) is 12.5 Å². The van der Waals surface area contributed by atoms with Crippen molar-refractivity contribution in [3.8, 4) is 0 Å². The van der Waals surface area contributed by atoms with Crippen molar-refractivity contribution < 1.29 is 19.2 Å². The summed E-state index contributed by atoms with van der Waals surface area (Å²) < 4.78 is 5.29. The number of hydroxylamine groups is 2. The van der Waals surface area contributed by atoms with E-state index in [1.165, 1.54) is 5.06 Å². The molecule has 1 amide bonds. The Morgan fingerprint density at radius 2 is 1.89 bits per heavy atom. The number of esters is 1. The number of benzene rings is 1. The Kier molecular flexibility index (Phi) is 5.23. The zero-order valence-electron chi connectivity index (χ0n) is 16.4. The van der Waals surface area contributed by atoms with Crippen LogP contribution in [0.4, 0.5) is 0 Å². The lowest BCUT2D eigenvalue weighted by Crippen LogP contribution is -2.43. The molecule has 2 heterocycles. The van der Waals surface area contributed by atoms with Gasteiger partial charge in [-0.05, 0) is 51.2 Å². The van der Waals surface area contributed by atoms with Gasteiger partial charge in [0.05, 0.1) is 0 Å². The van der Waals surface area contributed by atoms with Gasteiger partial charge in [-0.15, -0.1) is 0 Å². The van der Waals surface area contributed by atoms with Crippen molar-refractivity contribution in [2.24, 2.45) is 0 Å². The predicted molar refractivity (Wildman–Crippen MR) is 106 cm³/mol. The first-order chi connectivity index (χ1) is 12.6. The SMILES string of the molecule is CC1=CC2=C(Cc3ccccc3)C(=O)N(OCC(=O)OC(C)(C)C)C2(C)S1. The molecule has 0 saturated heterocycles. The first-order valence-corrected chi connectivity index (χ1v) is 9.76. The van der Waals surface area contributed by atoms with Gasteiger partial charge in [-0.1, -0.05) is 42.1 Å². The summed E-state index contributed by atoms with van der Waals surface area (Å²) in [5, 5.41) is 1.34. The van der Waals surface area contributed by atoms with Gasteiger partial charge in [0.25, 0.3) is 5.91 Å². The van der Waals surface area contributed by atoms with Crippen LogP contribution >= 0.6 is 11.8 Å². The van der Waals surface area contributed by atoms with Crippen LogP contribution in [0.5, 0.6) is 0 Å². The number of thioether (sulfide) groups is 1. The molecule has 5 nitrogen and oxygen atoms in total. The number of rotatable bonds is 5. The molecule has 6 heteroatoms. The van der Waals surface area contributed by atoms with Gasteiger partial charge in [-0.3, -0.25) is 9.63 Å². The maximum Gasteiger partial charge on any atom is 0.335 e. The zero-order valence-corrected chi connectivity index (χ0v) is 17.2. The molecule has 0 N–H and O–H groups in total. The third kappa shape index (κ3) is 4.12. The number of allylic oxidation sites excluding steroid dienone is 1. The number of carbonyl (C=O) groups excluding carboxylic acids is 2. The van der Waals surface area contributed by atoms with E-state index in [2.05, 4.69) is 0 Å². The van der Waals surface area contributed by atoms with Gasteiger partial charge in [0.1, 0.15) is 10.5 Å². The zero-order chi connectivity index (χ0) is 19.8. The average molecular weight is 388 g/mol. The molecule has 0 saturated carbocycles. The van der Waals surface area contributed by atoms with E-state index in [9.17, 15) is 9.59 Å². The highest BCUT2D eigenvalue weighted by atomic mass is 32.2. The highest BCUT2D eigenvalue weighted by molar-refractivity contribution is 8.04. The number of fused-ring (bicyclic) bond motifs is 1. The molecule has 144 valence electrons. The Labute approximate surface area is 164 Å². The van der Waals surface area contributed by atoms with Crippen molar-refractivity contribution in [2.45, 2.75) is 51.5 Å². The summed E-state index contributed by atoms with van der Waals surface area (Å²) in [5.41, 5.74) is 2.12. The lowest BCUT2D eigenvalue weighted by Gasteiger charge is -2.32. The fourth-order valence-corrected chi connectivity index (χ4v) is 4.64. The van der Waals surface area contributed by atoms with E-state index in [1.807, 2.05) is 50.3 Å². The minimum Gasteiger partial charge on any atom is -0.458 e. The lowest BCUT2D eigenvalue weighted by atomic mass is 9.99. The van der Waals surface area contributed by atoms with Crippen molar-refractivity contribution in [1.82, 2.24) is 5.06 Å². The molecule has 27 heavy (non-hydrogen) atoms. The van der Waals surface area contributed by atoms with E-state index in [1.54, 1.807) is 32.5 Å². The van der Waals surface area contributed by atoms with Crippen LogP contribution < -0.4 is 0 Å². The van der Waals surface area contributed by atoms with Crippen LogP contribution in [0.2, 0.25) is 0 Å². The Morgan fingerprint density at radius 1 is 1.22 bits per heavy atom. The van der Waals surface area contributed by atoms with Crippen molar-refractivity contribution in [3.05, 3.63) is 58.0 Å². The maximum absolute atomic E-state index is 13.1. The van der Waals surface area contributed by atoms with Gasteiger partial charge in [0.15, 0.2) is 6.61 Å². The van der Waals surface area contributed by atoms with Crippen LogP contribution in [-0.2, 0) is 25.6 Å². The Bertz CT molecular complexity index is 822. The van der Waals surface area contributed by atoms with E-state index < -0.39 is 16.4 Å². The van der Waals surface area contributed by atoms with E-state index in [4.69, 9.17) is 9.57 Å². The van der Waals surface area contributed by atoms with E-state index >= 15 is 0 Å². The fourth-order valence-electron chi connectivity index (χ4n) is 3.33. The molecular weight excluding hydrogens is 362 g/mol. The van der Waals surface area contributed by atoms with E-state index in [0.29, 0.717) is 12.0 Å². The standard InChI is InChI=1S/C21H25NO4S/c1-14-11-17-16(12-15-9-7-6-8-10-15)19(24)22(21(17,5)27-14)25-13-18(23)26-20(2,3)4/h6-11H,12-13H2,1-5H3. The summed E-state index contributed by atoms with van der Waals surface area (Å²) >= 11 is 1.56. The third-order valence-corrected chi connectivity index (χ3v) is 5.54. The van der Waals surface area contributed by atoms with Gasteiger partial charge >= 0.3 is 5.97 Å². The second-order valence-corrected chi connectivity index (χ2v) is 9.50. The highest BCUT2D eigenvalue weighted by Crippen LogP contribution is 2.53. The number of hydrogen-bond donors (Lipinski definition) is 0. The van der Waals surface area contributed by atoms with Crippen molar-refractivity contribution >= 4 is 23.6 Å². The van der Waals surface area contributed by atoms with Gasteiger partial charge in [0.2, 0.25) is 0 Å². The Balaban J connectivity index is 1.81. The van der Waals surface area contributed by atoms with Crippen LogP contribution in [-0.4, -0.2) is 34.0 Å². The quantitative estimate of drug-likeness (QED) is 0.715. The molecule has 0 fully saturated rings. The predicted octanol–water partition coefficient (Wildman–Crippen LogP) is 4.01. The first-order valence-electron chi connectivity index (χ1n) is 8.94. The fraction of sp³-hybridized carbons (Fsp3) is 0.429. The lowest BCUT2D eigenvalue weighted by molar-refractivity contribution is -0.202. The second kappa shape index (κ2) is 7.17. The first kappa shape index (κ1) is 19.7. The van der Waals surface area contributed by atoms with Crippen LogP contribution in [0.15, 0.2) is 52.5 Å². The van der Waals surface area contributed by atoms with Crippen LogP contribution in [0.3, 0.4) is 0 Å². The monoisotopic (exact) mass is 387 g/mol. The topological polar surface area (TPSA) is 55.8 Å². The second-order valence-electron chi connectivity index (χ2n) is 7.85. The maximum atomic E-state index is 13.1.